The van der Waals surface area contributed by atoms with Crippen LogP contribution in [0, 0.1) is 5.92 Å². The van der Waals surface area contributed by atoms with Gasteiger partial charge >= 0.3 is 6.03 Å². The van der Waals surface area contributed by atoms with Crippen molar-refractivity contribution in [2.24, 2.45) is 5.92 Å². The molecule has 5 nitrogen and oxygen atoms in total. The minimum absolute atomic E-state index is 0.231. The fraction of sp³-hybridized carbons (Fsp3) is 0.231. The van der Waals surface area contributed by atoms with Gasteiger partial charge in [0.1, 0.15) is 0 Å². The van der Waals surface area contributed by atoms with Crippen molar-refractivity contribution in [3.8, 4) is 0 Å². The van der Waals surface area contributed by atoms with Crippen LogP contribution in [0.25, 0.3) is 11.0 Å². The number of hydrogen-bond acceptors (Lipinski definition) is 2. The molecule has 3 rings (SSSR count). The number of urea groups is 1. The Labute approximate surface area is 104 Å². The first-order valence-electron chi connectivity index (χ1n) is 5.98. The van der Waals surface area contributed by atoms with Gasteiger partial charge in [0.15, 0.2) is 0 Å². The number of allylic oxidation sites excluding steroid dienone is 1. The Morgan fingerprint density at radius 2 is 2.33 bits per heavy atom. The number of H-pyrrole nitrogens is 1. The van der Waals surface area contributed by atoms with Gasteiger partial charge in [0, 0.05) is 11.9 Å². The number of anilines is 1. The summed E-state index contributed by atoms with van der Waals surface area (Å²) >= 11 is 0. The zero-order valence-corrected chi connectivity index (χ0v) is 9.81. The van der Waals surface area contributed by atoms with E-state index in [-0.39, 0.29) is 6.03 Å². The first kappa shape index (κ1) is 10.8. The van der Waals surface area contributed by atoms with Crippen LogP contribution < -0.4 is 10.6 Å². The average Bonchev–Trinajstić information content (AvgIpc) is 3.06. The Morgan fingerprint density at radius 3 is 3.17 bits per heavy atom. The molecule has 0 aliphatic heterocycles. The normalized spacial score (nSPS) is 15.1. The minimum Gasteiger partial charge on any atom is -0.345 e. The second-order valence-corrected chi connectivity index (χ2v) is 4.43. The number of nitrogens with one attached hydrogen (secondary N) is 3. The number of aromatic nitrogens is 2. The highest BCUT2D eigenvalue weighted by molar-refractivity contribution is 5.92. The van der Waals surface area contributed by atoms with E-state index >= 15 is 0 Å². The quantitative estimate of drug-likeness (QED) is 0.774. The molecule has 5 heteroatoms. The van der Waals surface area contributed by atoms with Gasteiger partial charge in [-0.25, -0.2) is 9.78 Å². The van der Waals surface area contributed by atoms with E-state index in [4.69, 9.17) is 0 Å². The zero-order valence-electron chi connectivity index (χ0n) is 9.81. The van der Waals surface area contributed by atoms with Gasteiger partial charge in [-0.3, -0.25) is 0 Å². The summed E-state index contributed by atoms with van der Waals surface area (Å²) < 4.78 is 0. The van der Waals surface area contributed by atoms with Gasteiger partial charge in [0.2, 0.25) is 0 Å². The molecule has 0 saturated heterocycles. The summed E-state index contributed by atoms with van der Waals surface area (Å²) in [5.74, 6) is 0.659. The van der Waals surface area contributed by atoms with E-state index in [1.54, 1.807) is 12.5 Å². The maximum Gasteiger partial charge on any atom is 0.323 e. The first-order chi connectivity index (χ1) is 8.81. The highest BCUT2D eigenvalue weighted by atomic mass is 16.2. The number of aromatic amines is 1. The third-order valence-corrected chi connectivity index (χ3v) is 2.88. The topological polar surface area (TPSA) is 69.8 Å². The fourth-order valence-corrected chi connectivity index (χ4v) is 1.73. The zero-order chi connectivity index (χ0) is 12.4. The molecular formula is C13H14N4O. The van der Waals surface area contributed by atoms with Crippen molar-refractivity contribution in [2.45, 2.75) is 12.8 Å². The second kappa shape index (κ2) is 4.52. The van der Waals surface area contributed by atoms with Crippen molar-refractivity contribution < 1.29 is 4.79 Å². The van der Waals surface area contributed by atoms with E-state index < -0.39 is 0 Å². The molecular weight excluding hydrogens is 228 g/mol. The minimum atomic E-state index is -0.231. The Morgan fingerprint density at radius 1 is 1.44 bits per heavy atom. The number of amides is 2. The Balaban J connectivity index is 1.61. The lowest BCUT2D eigenvalue weighted by Gasteiger charge is -2.04. The van der Waals surface area contributed by atoms with Crippen LogP contribution >= 0.6 is 0 Å². The number of carbonyl (C=O) groups is 1. The number of nitrogens with zero attached hydrogens (tertiary/aromatic N) is 1. The monoisotopic (exact) mass is 242 g/mol. The van der Waals surface area contributed by atoms with Crippen molar-refractivity contribution in [2.75, 3.05) is 5.32 Å². The number of hydrogen-bond donors (Lipinski definition) is 3. The summed E-state index contributed by atoms with van der Waals surface area (Å²) in [6.45, 7) is 0. The number of fused-ring (bicyclic) bond motifs is 1. The molecule has 0 spiro atoms. The van der Waals surface area contributed by atoms with E-state index in [1.807, 2.05) is 24.3 Å². The van der Waals surface area contributed by atoms with Gasteiger partial charge in [-0.05, 0) is 37.0 Å². The van der Waals surface area contributed by atoms with Crippen molar-refractivity contribution in [1.82, 2.24) is 15.3 Å². The van der Waals surface area contributed by atoms with Crippen molar-refractivity contribution in [1.29, 1.82) is 0 Å². The number of rotatable bonds is 3. The summed E-state index contributed by atoms with van der Waals surface area (Å²) in [6.07, 6.45) is 7.83. The largest absolute Gasteiger partial charge is 0.345 e. The van der Waals surface area contributed by atoms with Gasteiger partial charge in [0.25, 0.3) is 0 Å². The van der Waals surface area contributed by atoms with E-state index in [0.29, 0.717) is 5.92 Å². The maximum absolute atomic E-state index is 11.6. The molecule has 1 aliphatic rings. The highest BCUT2D eigenvalue weighted by Crippen LogP contribution is 2.29. The molecule has 0 bridgehead atoms. The molecule has 18 heavy (non-hydrogen) atoms. The van der Waals surface area contributed by atoms with Crippen molar-refractivity contribution >= 4 is 22.8 Å². The fourth-order valence-electron chi connectivity index (χ4n) is 1.73. The molecule has 0 atom stereocenters. The molecule has 2 aromatic rings. The van der Waals surface area contributed by atoms with Gasteiger partial charge in [-0.1, -0.05) is 6.08 Å². The second-order valence-electron chi connectivity index (χ2n) is 4.43. The van der Waals surface area contributed by atoms with Gasteiger partial charge in [-0.2, -0.15) is 0 Å². The Bertz CT molecular complexity index is 598. The summed E-state index contributed by atoms with van der Waals surface area (Å²) in [5.41, 5.74) is 2.53. The van der Waals surface area contributed by atoms with Crippen LogP contribution in [-0.4, -0.2) is 16.0 Å². The molecule has 2 amide bonds. The molecule has 1 aromatic heterocycles. The molecule has 1 heterocycles. The van der Waals surface area contributed by atoms with Crippen molar-refractivity contribution in [3.05, 3.63) is 36.8 Å². The SMILES string of the molecule is O=C(N/C=C/C1CC1)Nc1ccc2nc[nH]c2c1. The lowest BCUT2D eigenvalue weighted by molar-refractivity contribution is 0.255. The molecule has 1 aromatic carbocycles. The van der Waals surface area contributed by atoms with Crippen LogP contribution in [0.1, 0.15) is 12.8 Å². The van der Waals surface area contributed by atoms with Crippen LogP contribution in [0.15, 0.2) is 36.8 Å². The summed E-state index contributed by atoms with van der Waals surface area (Å²) in [5, 5.41) is 5.46. The smallest absolute Gasteiger partial charge is 0.323 e. The third kappa shape index (κ3) is 2.51. The molecule has 3 N–H and O–H groups in total. The molecule has 0 radical (unpaired) electrons. The lowest BCUT2D eigenvalue weighted by Crippen LogP contribution is -2.23. The maximum atomic E-state index is 11.6. The average molecular weight is 242 g/mol. The molecule has 92 valence electrons. The molecule has 1 aliphatic carbocycles. The van der Waals surface area contributed by atoms with E-state index in [0.717, 1.165) is 16.7 Å². The van der Waals surface area contributed by atoms with Crippen molar-refractivity contribution in [3.63, 3.8) is 0 Å². The van der Waals surface area contributed by atoms with E-state index in [1.165, 1.54) is 12.8 Å². The van der Waals surface area contributed by atoms with E-state index in [9.17, 15) is 4.79 Å². The Kier molecular flexibility index (Phi) is 2.72. The van der Waals surface area contributed by atoms with Crippen LogP contribution in [0.2, 0.25) is 0 Å². The van der Waals surface area contributed by atoms with Crippen LogP contribution in [0.4, 0.5) is 10.5 Å². The number of carbonyl (C=O) groups excluding carboxylic acids is 1. The van der Waals surface area contributed by atoms with Crippen LogP contribution in [-0.2, 0) is 0 Å². The lowest BCUT2D eigenvalue weighted by atomic mass is 10.3. The molecule has 1 saturated carbocycles. The molecule has 0 unspecified atom stereocenters. The Hall–Kier alpha value is -2.30. The summed E-state index contributed by atoms with van der Waals surface area (Å²) in [7, 11) is 0. The van der Waals surface area contributed by atoms with Crippen LogP contribution in [0.5, 0.6) is 0 Å². The first-order valence-corrected chi connectivity index (χ1v) is 5.98. The highest BCUT2D eigenvalue weighted by Gasteiger charge is 2.17. The number of imidazole rings is 1. The summed E-state index contributed by atoms with van der Waals surface area (Å²) in [4.78, 5) is 18.7. The van der Waals surface area contributed by atoms with Gasteiger partial charge in [-0.15, -0.1) is 0 Å². The third-order valence-electron chi connectivity index (χ3n) is 2.88. The van der Waals surface area contributed by atoms with E-state index in [2.05, 4.69) is 20.6 Å². The van der Waals surface area contributed by atoms with Gasteiger partial charge in [0.05, 0.1) is 17.4 Å². The predicted octanol–water partition coefficient (Wildman–Crippen LogP) is 2.61. The molecule has 1 fully saturated rings. The number of benzene rings is 1. The predicted molar refractivity (Wildman–Crippen MR) is 70.1 cm³/mol. The van der Waals surface area contributed by atoms with Gasteiger partial charge < -0.3 is 15.6 Å². The summed E-state index contributed by atoms with van der Waals surface area (Å²) in [6, 6.07) is 5.31. The standard InChI is InChI=1S/C13H14N4O/c18-13(14-6-5-9-1-2-9)17-10-3-4-11-12(7-10)16-8-15-11/h3-9H,1-2H2,(H,15,16)(H2,14,17,18)/b6-5+. The van der Waals surface area contributed by atoms with Crippen LogP contribution in [0.3, 0.4) is 0 Å².